The lowest BCUT2D eigenvalue weighted by molar-refractivity contribution is 0.0593. The SMILES string of the molecule is CC(O)N(C)C1=CCCCC1. The van der Waals surface area contributed by atoms with E-state index in [-0.39, 0.29) is 6.23 Å². The number of nitrogens with zero attached hydrogens (tertiary/aromatic N) is 1. The van der Waals surface area contributed by atoms with Gasteiger partial charge in [-0.1, -0.05) is 6.08 Å². The van der Waals surface area contributed by atoms with Gasteiger partial charge in [0.05, 0.1) is 0 Å². The molecule has 1 aliphatic carbocycles. The number of rotatable bonds is 2. The number of hydrogen-bond acceptors (Lipinski definition) is 2. The summed E-state index contributed by atoms with van der Waals surface area (Å²) >= 11 is 0. The van der Waals surface area contributed by atoms with E-state index in [1.165, 1.54) is 25.0 Å². The Kier molecular flexibility index (Phi) is 2.94. The second-order valence-electron chi connectivity index (χ2n) is 3.18. The van der Waals surface area contributed by atoms with Crippen molar-refractivity contribution in [2.24, 2.45) is 0 Å². The summed E-state index contributed by atoms with van der Waals surface area (Å²) in [5.41, 5.74) is 1.30. The molecule has 0 heterocycles. The minimum absolute atomic E-state index is 0.348. The van der Waals surface area contributed by atoms with E-state index in [1.54, 1.807) is 6.92 Å². The standard InChI is InChI=1S/C9H17NO/c1-8(11)10(2)9-6-4-3-5-7-9/h6,8,11H,3-5,7H2,1-2H3. The molecular weight excluding hydrogens is 138 g/mol. The molecule has 64 valence electrons. The molecule has 11 heavy (non-hydrogen) atoms. The van der Waals surface area contributed by atoms with E-state index < -0.39 is 0 Å². The van der Waals surface area contributed by atoms with E-state index in [4.69, 9.17) is 0 Å². The fourth-order valence-corrected chi connectivity index (χ4v) is 1.38. The van der Waals surface area contributed by atoms with E-state index in [0.29, 0.717) is 0 Å². The van der Waals surface area contributed by atoms with Crippen molar-refractivity contribution < 1.29 is 5.11 Å². The van der Waals surface area contributed by atoms with Crippen LogP contribution in [0.15, 0.2) is 11.8 Å². The van der Waals surface area contributed by atoms with Gasteiger partial charge in [0.25, 0.3) is 0 Å². The topological polar surface area (TPSA) is 23.5 Å². The minimum atomic E-state index is -0.348. The van der Waals surface area contributed by atoms with Crippen molar-refractivity contribution in [1.29, 1.82) is 0 Å². The maximum atomic E-state index is 9.26. The quantitative estimate of drug-likeness (QED) is 0.614. The third-order valence-corrected chi connectivity index (χ3v) is 2.28. The zero-order chi connectivity index (χ0) is 8.27. The smallest absolute Gasteiger partial charge is 0.123 e. The summed E-state index contributed by atoms with van der Waals surface area (Å²) in [6, 6.07) is 0. The summed E-state index contributed by atoms with van der Waals surface area (Å²) < 4.78 is 0. The summed E-state index contributed by atoms with van der Waals surface area (Å²) in [5, 5.41) is 9.26. The Balaban J connectivity index is 2.51. The van der Waals surface area contributed by atoms with Crippen molar-refractivity contribution in [3.8, 4) is 0 Å². The Bertz CT molecular complexity index is 152. The first kappa shape index (κ1) is 8.60. The monoisotopic (exact) mass is 155 g/mol. The Hall–Kier alpha value is -0.500. The second-order valence-corrected chi connectivity index (χ2v) is 3.18. The third kappa shape index (κ3) is 2.22. The average molecular weight is 155 g/mol. The molecule has 0 fully saturated rings. The van der Waals surface area contributed by atoms with Gasteiger partial charge in [-0.05, 0) is 32.6 Å². The molecule has 0 spiro atoms. The lowest BCUT2D eigenvalue weighted by atomic mass is 10.0. The first-order valence-corrected chi connectivity index (χ1v) is 4.32. The lowest BCUT2D eigenvalue weighted by Gasteiger charge is -2.27. The molecular formula is C9H17NO. The van der Waals surface area contributed by atoms with Crippen molar-refractivity contribution in [2.75, 3.05) is 7.05 Å². The molecule has 1 unspecified atom stereocenters. The van der Waals surface area contributed by atoms with Crippen molar-refractivity contribution in [1.82, 2.24) is 4.90 Å². The molecule has 0 aromatic heterocycles. The molecule has 0 saturated carbocycles. The Morgan fingerprint density at radius 3 is 2.73 bits per heavy atom. The fourth-order valence-electron chi connectivity index (χ4n) is 1.38. The van der Waals surface area contributed by atoms with Gasteiger partial charge in [0.15, 0.2) is 0 Å². The maximum absolute atomic E-state index is 9.26. The molecule has 1 aliphatic rings. The fraction of sp³-hybridized carbons (Fsp3) is 0.778. The Labute approximate surface area is 68.5 Å². The van der Waals surface area contributed by atoms with Crippen LogP contribution in [0.3, 0.4) is 0 Å². The molecule has 0 radical (unpaired) electrons. The van der Waals surface area contributed by atoms with E-state index in [9.17, 15) is 5.11 Å². The molecule has 0 aromatic carbocycles. The predicted octanol–water partition coefficient (Wildman–Crippen LogP) is 1.71. The van der Waals surface area contributed by atoms with E-state index in [1.807, 2.05) is 11.9 Å². The lowest BCUT2D eigenvalue weighted by Crippen LogP contribution is -2.28. The number of allylic oxidation sites excluding steroid dienone is 2. The van der Waals surface area contributed by atoms with Crippen molar-refractivity contribution in [2.45, 2.75) is 38.8 Å². The van der Waals surface area contributed by atoms with Crippen LogP contribution in [0.2, 0.25) is 0 Å². The first-order valence-electron chi connectivity index (χ1n) is 4.32. The molecule has 0 amide bonds. The zero-order valence-electron chi connectivity index (χ0n) is 7.38. The average Bonchev–Trinajstić information content (AvgIpc) is 2.05. The third-order valence-electron chi connectivity index (χ3n) is 2.28. The van der Waals surface area contributed by atoms with E-state index in [0.717, 1.165) is 6.42 Å². The van der Waals surface area contributed by atoms with Crippen LogP contribution in [-0.4, -0.2) is 23.3 Å². The van der Waals surface area contributed by atoms with Crippen molar-refractivity contribution >= 4 is 0 Å². The van der Waals surface area contributed by atoms with Crippen LogP contribution in [0.4, 0.5) is 0 Å². The van der Waals surface area contributed by atoms with Gasteiger partial charge in [-0.3, -0.25) is 0 Å². The van der Waals surface area contributed by atoms with Crippen molar-refractivity contribution in [3.05, 3.63) is 11.8 Å². The molecule has 1 N–H and O–H groups in total. The zero-order valence-corrected chi connectivity index (χ0v) is 7.38. The van der Waals surface area contributed by atoms with Gasteiger partial charge in [0, 0.05) is 12.7 Å². The van der Waals surface area contributed by atoms with Gasteiger partial charge in [-0.25, -0.2) is 0 Å². The second kappa shape index (κ2) is 3.77. The molecule has 0 aromatic rings. The van der Waals surface area contributed by atoms with Gasteiger partial charge in [-0.2, -0.15) is 0 Å². The molecule has 0 aliphatic heterocycles. The molecule has 0 saturated heterocycles. The summed E-state index contributed by atoms with van der Waals surface area (Å²) in [7, 11) is 1.95. The molecule has 2 nitrogen and oxygen atoms in total. The van der Waals surface area contributed by atoms with E-state index in [2.05, 4.69) is 6.08 Å². The van der Waals surface area contributed by atoms with Gasteiger partial charge in [-0.15, -0.1) is 0 Å². The maximum Gasteiger partial charge on any atom is 0.123 e. The number of aliphatic hydroxyl groups excluding tert-OH is 1. The Morgan fingerprint density at radius 1 is 1.55 bits per heavy atom. The highest BCUT2D eigenvalue weighted by Crippen LogP contribution is 2.20. The highest BCUT2D eigenvalue weighted by molar-refractivity contribution is 5.03. The van der Waals surface area contributed by atoms with Crippen LogP contribution in [-0.2, 0) is 0 Å². The van der Waals surface area contributed by atoms with E-state index >= 15 is 0 Å². The highest BCUT2D eigenvalue weighted by Gasteiger charge is 2.10. The van der Waals surface area contributed by atoms with Crippen LogP contribution in [0.25, 0.3) is 0 Å². The number of aliphatic hydroxyl groups is 1. The summed E-state index contributed by atoms with van der Waals surface area (Å²) in [5.74, 6) is 0. The summed E-state index contributed by atoms with van der Waals surface area (Å²) in [4.78, 5) is 1.94. The van der Waals surface area contributed by atoms with Gasteiger partial charge < -0.3 is 10.0 Å². The summed E-state index contributed by atoms with van der Waals surface area (Å²) in [6.45, 7) is 1.80. The normalized spacial score (nSPS) is 20.8. The first-order chi connectivity index (χ1) is 5.22. The van der Waals surface area contributed by atoms with Crippen LogP contribution in [0.5, 0.6) is 0 Å². The van der Waals surface area contributed by atoms with Crippen molar-refractivity contribution in [3.63, 3.8) is 0 Å². The number of hydrogen-bond donors (Lipinski definition) is 1. The van der Waals surface area contributed by atoms with Gasteiger partial charge in [0.1, 0.15) is 6.23 Å². The Morgan fingerprint density at radius 2 is 2.27 bits per heavy atom. The minimum Gasteiger partial charge on any atom is -0.374 e. The molecule has 1 atom stereocenters. The van der Waals surface area contributed by atoms with Crippen LogP contribution in [0, 0.1) is 0 Å². The molecule has 1 rings (SSSR count). The van der Waals surface area contributed by atoms with Crippen LogP contribution >= 0.6 is 0 Å². The predicted molar refractivity (Wildman–Crippen MR) is 46.0 cm³/mol. The summed E-state index contributed by atoms with van der Waals surface area (Å²) in [6.07, 6.45) is 6.75. The van der Waals surface area contributed by atoms with Crippen LogP contribution < -0.4 is 0 Å². The van der Waals surface area contributed by atoms with Crippen LogP contribution in [0.1, 0.15) is 32.6 Å². The molecule has 0 bridgehead atoms. The van der Waals surface area contributed by atoms with Gasteiger partial charge in [0.2, 0.25) is 0 Å². The largest absolute Gasteiger partial charge is 0.374 e. The highest BCUT2D eigenvalue weighted by atomic mass is 16.3. The molecule has 2 heteroatoms. The van der Waals surface area contributed by atoms with Gasteiger partial charge >= 0.3 is 0 Å².